The van der Waals surface area contributed by atoms with Gasteiger partial charge in [0.2, 0.25) is 0 Å². The second kappa shape index (κ2) is 4.34. The van der Waals surface area contributed by atoms with Crippen molar-refractivity contribution in [1.29, 1.82) is 0 Å². The van der Waals surface area contributed by atoms with Crippen LogP contribution in [0.5, 0.6) is 0 Å². The quantitative estimate of drug-likeness (QED) is 0.734. The van der Waals surface area contributed by atoms with Crippen molar-refractivity contribution in [1.82, 2.24) is 4.98 Å². The molecule has 0 aliphatic heterocycles. The van der Waals surface area contributed by atoms with E-state index in [1.165, 1.54) is 6.08 Å². The van der Waals surface area contributed by atoms with E-state index in [1.54, 1.807) is 0 Å². The number of pyridine rings is 1. The van der Waals surface area contributed by atoms with Crippen LogP contribution in [0.4, 0.5) is 13.2 Å². The van der Waals surface area contributed by atoms with Crippen LogP contribution >= 0.6 is 0 Å². The zero-order valence-electron chi connectivity index (χ0n) is 8.34. The van der Waals surface area contributed by atoms with E-state index in [1.807, 2.05) is 0 Å². The number of carbonyl (C=O) groups excluding carboxylic acids is 1. The highest BCUT2D eigenvalue weighted by Gasteiger charge is 2.32. The number of esters is 1. The first-order valence-corrected chi connectivity index (χ1v) is 4.18. The second-order valence-corrected chi connectivity index (χ2v) is 2.85. The Morgan fingerprint density at radius 1 is 1.56 bits per heavy atom. The summed E-state index contributed by atoms with van der Waals surface area (Å²) in [5, 5.41) is 0. The van der Waals surface area contributed by atoms with Gasteiger partial charge in [-0.3, -0.25) is 4.98 Å². The Morgan fingerprint density at radius 3 is 2.62 bits per heavy atom. The van der Waals surface area contributed by atoms with Crippen molar-refractivity contribution in [2.75, 3.05) is 7.11 Å². The average Bonchev–Trinajstić information content (AvgIpc) is 2.25. The summed E-state index contributed by atoms with van der Waals surface area (Å²) in [6.07, 6.45) is -2.72. The lowest BCUT2D eigenvalue weighted by molar-refractivity contribution is -0.137. The van der Waals surface area contributed by atoms with Gasteiger partial charge in [-0.2, -0.15) is 13.2 Å². The van der Waals surface area contributed by atoms with Gasteiger partial charge >= 0.3 is 12.1 Å². The molecule has 0 radical (unpaired) electrons. The number of ether oxygens (including phenoxy) is 1. The molecule has 16 heavy (non-hydrogen) atoms. The van der Waals surface area contributed by atoms with E-state index in [4.69, 9.17) is 0 Å². The van der Waals surface area contributed by atoms with E-state index in [2.05, 4.69) is 16.3 Å². The Balaban J connectivity index is 3.32. The maximum absolute atomic E-state index is 12.4. The van der Waals surface area contributed by atoms with E-state index in [9.17, 15) is 18.0 Å². The number of nitrogens with zero attached hydrogens (tertiary/aromatic N) is 1. The summed E-state index contributed by atoms with van der Waals surface area (Å²) in [6, 6.07) is 0.690. The van der Waals surface area contributed by atoms with Crippen LogP contribution in [0.1, 0.15) is 21.6 Å². The molecule has 0 aliphatic rings. The monoisotopic (exact) mass is 231 g/mol. The molecule has 0 bridgehead atoms. The highest BCUT2D eigenvalue weighted by Crippen LogP contribution is 2.29. The SMILES string of the molecule is C=Cc1ncc(C(F)(F)F)cc1C(=O)OC. The van der Waals surface area contributed by atoms with Crippen LogP contribution in [0, 0.1) is 0 Å². The number of hydrogen-bond acceptors (Lipinski definition) is 3. The van der Waals surface area contributed by atoms with Gasteiger partial charge in [0.1, 0.15) is 0 Å². The third-order valence-corrected chi connectivity index (χ3v) is 1.84. The summed E-state index contributed by atoms with van der Waals surface area (Å²) in [5.41, 5.74) is -1.20. The predicted octanol–water partition coefficient (Wildman–Crippen LogP) is 2.53. The van der Waals surface area contributed by atoms with Crippen molar-refractivity contribution in [3.63, 3.8) is 0 Å². The fourth-order valence-electron chi connectivity index (χ4n) is 1.07. The molecule has 1 rings (SSSR count). The topological polar surface area (TPSA) is 39.2 Å². The molecule has 86 valence electrons. The predicted molar refractivity (Wildman–Crippen MR) is 50.7 cm³/mol. The Labute approximate surface area is 89.6 Å². The first kappa shape index (κ1) is 12.2. The van der Waals surface area contributed by atoms with Gasteiger partial charge in [0.25, 0.3) is 0 Å². The minimum absolute atomic E-state index is 0.0554. The van der Waals surface area contributed by atoms with Gasteiger partial charge in [-0.1, -0.05) is 6.58 Å². The van der Waals surface area contributed by atoms with Gasteiger partial charge in [-0.05, 0) is 12.1 Å². The van der Waals surface area contributed by atoms with Crippen molar-refractivity contribution in [2.45, 2.75) is 6.18 Å². The van der Waals surface area contributed by atoms with Gasteiger partial charge in [0, 0.05) is 6.20 Å². The minimum Gasteiger partial charge on any atom is -0.465 e. The van der Waals surface area contributed by atoms with Crippen molar-refractivity contribution in [3.8, 4) is 0 Å². The smallest absolute Gasteiger partial charge is 0.417 e. The number of halogens is 3. The van der Waals surface area contributed by atoms with E-state index >= 15 is 0 Å². The van der Waals surface area contributed by atoms with Gasteiger partial charge < -0.3 is 4.74 Å². The van der Waals surface area contributed by atoms with Crippen molar-refractivity contribution >= 4 is 12.0 Å². The largest absolute Gasteiger partial charge is 0.465 e. The Kier molecular flexibility index (Phi) is 3.31. The third kappa shape index (κ3) is 2.39. The van der Waals surface area contributed by atoms with Gasteiger partial charge in [0.05, 0.1) is 23.9 Å². The molecule has 0 aliphatic carbocycles. The summed E-state index contributed by atoms with van der Waals surface area (Å²) in [4.78, 5) is 14.7. The molecule has 1 aromatic rings. The maximum atomic E-state index is 12.4. The number of aromatic nitrogens is 1. The molecule has 0 atom stereocenters. The van der Waals surface area contributed by atoms with Crippen LogP contribution < -0.4 is 0 Å². The zero-order chi connectivity index (χ0) is 12.3. The van der Waals surface area contributed by atoms with Crippen molar-refractivity contribution in [2.24, 2.45) is 0 Å². The number of rotatable bonds is 2. The highest BCUT2D eigenvalue weighted by atomic mass is 19.4. The molecule has 6 heteroatoms. The Hall–Kier alpha value is -1.85. The molecule has 0 unspecified atom stereocenters. The molecule has 1 heterocycles. The van der Waals surface area contributed by atoms with Crippen LogP contribution in [0.3, 0.4) is 0 Å². The lowest BCUT2D eigenvalue weighted by Gasteiger charge is -2.09. The molecular weight excluding hydrogens is 223 g/mol. The van der Waals surface area contributed by atoms with E-state index in [0.29, 0.717) is 12.3 Å². The molecule has 0 fully saturated rings. The first-order valence-electron chi connectivity index (χ1n) is 4.18. The maximum Gasteiger partial charge on any atom is 0.417 e. The molecule has 0 N–H and O–H groups in total. The molecule has 0 amide bonds. The second-order valence-electron chi connectivity index (χ2n) is 2.85. The normalized spacial score (nSPS) is 11.0. The standard InChI is InChI=1S/C10H8F3NO2/c1-3-8-7(9(15)16-2)4-6(5-14-8)10(11,12)13/h3-5H,1H2,2H3. The van der Waals surface area contributed by atoms with Crippen LogP contribution in [0.15, 0.2) is 18.8 Å². The highest BCUT2D eigenvalue weighted by molar-refractivity contribution is 5.92. The Morgan fingerprint density at radius 2 is 2.19 bits per heavy atom. The summed E-state index contributed by atoms with van der Waals surface area (Å²) >= 11 is 0. The third-order valence-electron chi connectivity index (χ3n) is 1.84. The van der Waals surface area contributed by atoms with Gasteiger partial charge in [-0.25, -0.2) is 4.79 Å². The van der Waals surface area contributed by atoms with Crippen LogP contribution in [0.25, 0.3) is 6.08 Å². The van der Waals surface area contributed by atoms with Gasteiger partial charge in [-0.15, -0.1) is 0 Å². The molecule has 1 aromatic heterocycles. The van der Waals surface area contributed by atoms with Crippen molar-refractivity contribution in [3.05, 3.63) is 35.7 Å². The minimum atomic E-state index is -4.55. The average molecular weight is 231 g/mol. The first-order chi connectivity index (χ1) is 7.40. The molecule has 0 spiro atoms. The van der Waals surface area contributed by atoms with Crippen LogP contribution in [0.2, 0.25) is 0 Å². The number of carbonyl (C=O) groups is 1. The lowest BCUT2D eigenvalue weighted by Crippen LogP contribution is -2.11. The van der Waals surface area contributed by atoms with Crippen LogP contribution in [-0.4, -0.2) is 18.1 Å². The molecular formula is C10H8F3NO2. The molecule has 3 nitrogen and oxygen atoms in total. The summed E-state index contributed by atoms with van der Waals surface area (Å²) in [5.74, 6) is -0.881. The summed E-state index contributed by atoms with van der Waals surface area (Å²) in [6.45, 7) is 3.35. The zero-order valence-corrected chi connectivity index (χ0v) is 8.34. The molecule has 0 saturated heterocycles. The fraction of sp³-hybridized carbons (Fsp3) is 0.200. The van der Waals surface area contributed by atoms with Crippen molar-refractivity contribution < 1.29 is 22.7 Å². The van der Waals surface area contributed by atoms with E-state index in [-0.39, 0.29) is 11.3 Å². The van der Waals surface area contributed by atoms with Gasteiger partial charge in [0.15, 0.2) is 0 Å². The summed E-state index contributed by atoms with van der Waals surface area (Å²) < 4.78 is 41.4. The number of methoxy groups -OCH3 is 1. The fourth-order valence-corrected chi connectivity index (χ4v) is 1.07. The lowest BCUT2D eigenvalue weighted by atomic mass is 10.1. The van der Waals surface area contributed by atoms with E-state index in [0.717, 1.165) is 7.11 Å². The molecule has 0 saturated carbocycles. The van der Waals surface area contributed by atoms with E-state index < -0.39 is 17.7 Å². The van der Waals surface area contributed by atoms with Crippen LogP contribution in [-0.2, 0) is 10.9 Å². The number of alkyl halides is 3. The Bertz CT molecular complexity index is 427. The summed E-state index contributed by atoms with van der Waals surface area (Å²) in [7, 11) is 1.08. The number of hydrogen-bond donors (Lipinski definition) is 0. The molecule has 0 aromatic carbocycles.